The molecule has 0 heterocycles. The second-order valence-electron chi connectivity index (χ2n) is 3.45. The topological polar surface area (TPSA) is 41.5 Å². The van der Waals surface area contributed by atoms with Crippen LogP contribution in [0.15, 0.2) is 22.7 Å². The highest BCUT2D eigenvalue weighted by atomic mass is 79.9. The van der Waals surface area contributed by atoms with Gasteiger partial charge < -0.3 is 15.2 Å². The van der Waals surface area contributed by atoms with E-state index in [4.69, 9.17) is 9.84 Å². The summed E-state index contributed by atoms with van der Waals surface area (Å²) in [4.78, 5) is 0. The van der Waals surface area contributed by atoms with Crippen molar-refractivity contribution in [1.29, 1.82) is 0 Å². The lowest BCUT2D eigenvalue weighted by Gasteiger charge is -2.15. The van der Waals surface area contributed by atoms with E-state index in [9.17, 15) is 13.2 Å². The number of benzene rings is 1. The molecule has 0 aliphatic carbocycles. The van der Waals surface area contributed by atoms with Crippen LogP contribution in [0, 0.1) is 0 Å². The zero-order valence-electron chi connectivity index (χ0n) is 9.43. The summed E-state index contributed by atoms with van der Waals surface area (Å²) in [7, 11) is 0. The van der Waals surface area contributed by atoms with E-state index in [1.807, 2.05) is 0 Å². The van der Waals surface area contributed by atoms with Crippen LogP contribution >= 0.6 is 15.9 Å². The average molecular weight is 328 g/mol. The van der Waals surface area contributed by atoms with E-state index in [1.54, 1.807) is 0 Å². The Balaban J connectivity index is 2.65. The van der Waals surface area contributed by atoms with Crippen molar-refractivity contribution >= 4 is 21.6 Å². The van der Waals surface area contributed by atoms with Crippen molar-refractivity contribution in [3.63, 3.8) is 0 Å². The molecule has 0 spiro atoms. The van der Waals surface area contributed by atoms with E-state index in [1.165, 1.54) is 12.1 Å². The van der Waals surface area contributed by atoms with Crippen molar-refractivity contribution in [2.75, 3.05) is 31.7 Å². The fourth-order valence-corrected chi connectivity index (χ4v) is 1.70. The Morgan fingerprint density at radius 1 is 1.28 bits per heavy atom. The Labute approximate surface area is 111 Å². The predicted octanol–water partition coefficient (Wildman–Crippen LogP) is 2.89. The van der Waals surface area contributed by atoms with Crippen molar-refractivity contribution < 1.29 is 23.0 Å². The zero-order valence-corrected chi connectivity index (χ0v) is 11.0. The summed E-state index contributed by atoms with van der Waals surface area (Å²) in [6.45, 7) is 0.529. The number of aliphatic hydroxyl groups excluding tert-OH is 1. The van der Waals surface area contributed by atoms with Gasteiger partial charge in [-0.05, 0) is 18.2 Å². The second-order valence-corrected chi connectivity index (χ2v) is 4.37. The van der Waals surface area contributed by atoms with Crippen LogP contribution in [0.2, 0.25) is 0 Å². The molecule has 0 radical (unpaired) electrons. The van der Waals surface area contributed by atoms with Gasteiger partial charge in [0.2, 0.25) is 0 Å². The third-order valence-corrected chi connectivity index (χ3v) is 2.58. The third-order valence-electron chi connectivity index (χ3n) is 2.08. The summed E-state index contributed by atoms with van der Waals surface area (Å²) >= 11 is 3.13. The summed E-state index contributed by atoms with van der Waals surface area (Å²) in [5.74, 6) is 0. The molecule has 0 amide bonds. The summed E-state index contributed by atoms with van der Waals surface area (Å²) in [6, 6.07) is 3.73. The number of halogens is 4. The fraction of sp³-hybridized carbons (Fsp3) is 0.455. The third kappa shape index (κ3) is 4.83. The monoisotopic (exact) mass is 327 g/mol. The van der Waals surface area contributed by atoms with Crippen molar-refractivity contribution in [2.24, 2.45) is 0 Å². The molecule has 18 heavy (non-hydrogen) atoms. The van der Waals surface area contributed by atoms with Crippen LogP contribution in [-0.4, -0.2) is 31.5 Å². The van der Waals surface area contributed by atoms with Gasteiger partial charge in [-0.2, -0.15) is 13.2 Å². The van der Waals surface area contributed by atoms with Crippen LogP contribution in [0.5, 0.6) is 0 Å². The number of aliphatic hydroxyl groups is 1. The van der Waals surface area contributed by atoms with Crippen molar-refractivity contribution in [3.05, 3.63) is 28.2 Å². The first-order valence-corrected chi connectivity index (χ1v) is 6.03. The number of ether oxygens (including phenoxy) is 1. The highest BCUT2D eigenvalue weighted by Gasteiger charge is 2.33. The van der Waals surface area contributed by atoms with Crippen molar-refractivity contribution in [2.45, 2.75) is 6.18 Å². The Morgan fingerprint density at radius 3 is 2.61 bits per heavy atom. The maximum absolute atomic E-state index is 12.7. The molecule has 0 atom stereocenters. The molecule has 1 aromatic rings. The quantitative estimate of drug-likeness (QED) is 0.789. The van der Waals surface area contributed by atoms with Gasteiger partial charge in [0.1, 0.15) is 0 Å². The lowest BCUT2D eigenvalue weighted by atomic mass is 10.1. The zero-order chi connectivity index (χ0) is 13.6. The smallest absolute Gasteiger partial charge is 0.394 e. The molecule has 1 rings (SSSR count). The summed E-state index contributed by atoms with van der Waals surface area (Å²) in [6.07, 6.45) is -4.39. The number of hydrogen-bond donors (Lipinski definition) is 2. The number of nitrogens with one attached hydrogen (secondary N) is 1. The molecule has 7 heteroatoms. The van der Waals surface area contributed by atoms with Crippen molar-refractivity contribution in [1.82, 2.24) is 0 Å². The lowest BCUT2D eigenvalue weighted by molar-refractivity contribution is -0.137. The second kappa shape index (κ2) is 6.96. The molecule has 1 aromatic carbocycles. The minimum absolute atomic E-state index is 0.00414. The molecule has 0 saturated heterocycles. The van der Waals surface area contributed by atoms with E-state index in [-0.39, 0.29) is 32.1 Å². The Hall–Kier alpha value is -0.790. The van der Waals surface area contributed by atoms with E-state index in [2.05, 4.69) is 21.2 Å². The van der Waals surface area contributed by atoms with Gasteiger partial charge in [0, 0.05) is 16.7 Å². The number of rotatable bonds is 6. The average Bonchev–Trinajstić information content (AvgIpc) is 2.27. The SMILES string of the molecule is OCCOCCNc1cc(Br)ccc1C(F)(F)F. The molecule has 0 aliphatic heterocycles. The van der Waals surface area contributed by atoms with Crippen LogP contribution in [0.25, 0.3) is 0 Å². The molecule has 0 fully saturated rings. The first-order valence-electron chi connectivity index (χ1n) is 5.24. The van der Waals surface area contributed by atoms with Crippen molar-refractivity contribution in [3.8, 4) is 0 Å². The minimum Gasteiger partial charge on any atom is -0.394 e. The summed E-state index contributed by atoms with van der Waals surface area (Å²) < 4.78 is 43.6. The van der Waals surface area contributed by atoms with Gasteiger partial charge in [0.05, 0.1) is 25.4 Å². The first-order chi connectivity index (χ1) is 8.45. The molecule has 0 saturated carbocycles. The van der Waals surface area contributed by atoms with Gasteiger partial charge in [0.25, 0.3) is 0 Å². The lowest BCUT2D eigenvalue weighted by Crippen LogP contribution is -2.15. The van der Waals surface area contributed by atoms with E-state index in [0.29, 0.717) is 4.47 Å². The Kier molecular flexibility index (Phi) is 5.90. The van der Waals surface area contributed by atoms with Crippen LogP contribution in [0.4, 0.5) is 18.9 Å². The molecular weight excluding hydrogens is 315 g/mol. The molecule has 0 aliphatic rings. The van der Waals surface area contributed by atoms with Gasteiger partial charge in [-0.1, -0.05) is 15.9 Å². The summed E-state index contributed by atoms with van der Waals surface area (Å²) in [5.41, 5.74) is -0.711. The van der Waals surface area contributed by atoms with Gasteiger partial charge in [-0.25, -0.2) is 0 Å². The minimum atomic E-state index is -4.39. The largest absolute Gasteiger partial charge is 0.418 e. The normalized spacial score (nSPS) is 11.6. The number of anilines is 1. The van der Waals surface area contributed by atoms with Crippen LogP contribution in [0.3, 0.4) is 0 Å². The fourth-order valence-electron chi connectivity index (χ4n) is 1.33. The van der Waals surface area contributed by atoms with Crippen LogP contribution < -0.4 is 5.32 Å². The molecule has 0 unspecified atom stereocenters. The van der Waals surface area contributed by atoms with Gasteiger partial charge in [-0.3, -0.25) is 0 Å². The van der Waals surface area contributed by atoms with E-state index in [0.717, 1.165) is 6.07 Å². The molecule has 2 N–H and O–H groups in total. The van der Waals surface area contributed by atoms with Crippen LogP contribution in [-0.2, 0) is 10.9 Å². The van der Waals surface area contributed by atoms with E-state index >= 15 is 0 Å². The molecule has 0 aromatic heterocycles. The molecular formula is C11H13BrF3NO2. The van der Waals surface area contributed by atoms with E-state index < -0.39 is 11.7 Å². The Morgan fingerprint density at radius 2 is 2.00 bits per heavy atom. The maximum atomic E-state index is 12.7. The highest BCUT2D eigenvalue weighted by molar-refractivity contribution is 9.10. The summed E-state index contributed by atoms with van der Waals surface area (Å²) in [5, 5.41) is 11.1. The van der Waals surface area contributed by atoms with Gasteiger partial charge in [0.15, 0.2) is 0 Å². The standard InChI is InChI=1S/C11H13BrF3NO2/c12-8-1-2-9(11(13,14)15)10(7-8)16-3-5-18-6-4-17/h1-2,7,16-17H,3-6H2. The number of alkyl halides is 3. The maximum Gasteiger partial charge on any atom is 0.418 e. The molecule has 0 bridgehead atoms. The molecule has 102 valence electrons. The number of hydrogen-bond acceptors (Lipinski definition) is 3. The first kappa shape index (κ1) is 15.3. The van der Waals surface area contributed by atoms with Gasteiger partial charge in [-0.15, -0.1) is 0 Å². The predicted molar refractivity (Wildman–Crippen MR) is 65.5 cm³/mol. The molecule has 3 nitrogen and oxygen atoms in total. The Bertz CT molecular complexity index is 385. The van der Waals surface area contributed by atoms with Crippen LogP contribution in [0.1, 0.15) is 5.56 Å². The van der Waals surface area contributed by atoms with Gasteiger partial charge >= 0.3 is 6.18 Å². The highest BCUT2D eigenvalue weighted by Crippen LogP contribution is 2.36.